The fourth-order valence-electron chi connectivity index (χ4n) is 3.51. The Kier molecular flexibility index (Phi) is 5.27. The molecule has 0 saturated carbocycles. The Balaban J connectivity index is 1.60. The maximum Gasteiger partial charge on any atom is 0.272 e. The molecule has 1 aliphatic heterocycles. The van der Waals surface area contributed by atoms with E-state index in [9.17, 15) is 4.79 Å². The molecule has 0 saturated heterocycles. The van der Waals surface area contributed by atoms with Crippen molar-refractivity contribution in [1.82, 2.24) is 25.5 Å². The first-order valence-electron chi connectivity index (χ1n) is 10.00. The quantitative estimate of drug-likeness (QED) is 0.675. The molecule has 7 heteroatoms. The molecule has 7 nitrogen and oxygen atoms in total. The van der Waals surface area contributed by atoms with Gasteiger partial charge >= 0.3 is 0 Å². The van der Waals surface area contributed by atoms with Crippen LogP contribution in [0.1, 0.15) is 32.8 Å². The van der Waals surface area contributed by atoms with Gasteiger partial charge in [-0.25, -0.2) is 0 Å². The zero-order valence-corrected chi connectivity index (χ0v) is 17.3. The molecule has 1 amide bonds. The average Bonchev–Trinajstić information content (AvgIpc) is 3.36. The number of nitrogens with zero attached hydrogens (tertiary/aromatic N) is 5. The van der Waals surface area contributed by atoms with Gasteiger partial charge in [-0.2, -0.15) is 10.2 Å². The third kappa shape index (κ3) is 3.66. The lowest BCUT2D eigenvalue weighted by Gasteiger charge is -2.32. The summed E-state index contributed by atoms with van der Waals surface area (Å²) in [6.07, 6.45) is 4.86. The second-order valence-electron chi connectivity index (χ2n) is 7.71. The summed E-state index contributed by atoms with van der Waals surface area (Å²) in [5.41, 5.74) is 3.48. The summed E-state index contributed by atoms with van der Waals surface area (Å²) in [5, 5.41) is 14.4. The maximum absolute atomic E-state index is 12.4. The Hall–Kier alpha value is -3.61. The van der Waals surface area contributed by atoms with E-state index in [0.717, 1.165) is 34.5 Å². The van der Waals surface area contributed by atoms with Gasteiger partial charge < -0.3 is 4.90 Å². The average molecular weight is 400 g/mol. The van der Waals surface area contributed by atoms with Crippen LogP contribution in [0.2, 0.25) is 0 Å². The van der Waals surface area contributed by atoms with Gasteiger partial charge in [0.2, 0.25) is 5.82 Å². The number of carbonyl (C=O) groups excluding carboxylic acids is 1. The van der Waals surface area contributed by atoms with Crippen LogP contribution >= 0.6 is 0 Å². The topological polar surface area (TPSA) is 87.1 Å². The number of nitrogens with one attached hydrogen (secondary N) is 1. The predicted molar refractivity (Wildman–Crippen MR) is 117 cm³/mol. The van der Waals surface area contributed by atoms with Crippen molar-refractivity contribution in [1.29, 1.82) is 0 Å². The highest BCUT2D eigenvalue weighted by Gasteiger charge is 2.41. The lowest BCUT2D eigenvalue weighted by Crippen LogP contribution is -2.45. The van der Waals surface area contributed by atoms with Gasteiger partial charge in [-0.3, -0.25) is 4.79 Å². The first kappa shape index (κ1) is 19.7. The van der Waals surface area contributed by atoms with Gasteiger partial charge in [0.05, 0.1) is 0 Å². The molecule has 1 aliphatic rings. The second kappa shape index (κ2) is 8.02. The number of allylic oxidation sites excluding steroid dienone is 1. The Bertz CT molecular complexity index is 1100. The van der Waals surface area contributed by atoms with Crippen LogP contribution in [-0.2, 0) is 11.3 Å². The van der Waals surface area contributed by atoms with E-state index in [0.29, 0.717) is 12.4 Å². The van der Waals surface area contributed by atoms with Crippen molar-refractivity contribution < 1.29 is 4.79 Å². The molecular formula is C23H24N6O. The molecular weight excluding hydrogens is 376 g/mol. The molecule has 30 heavy (non-hydrogen) atoms. The van der Waals surface area contributed by atoms with Crippen LogP contribution in [0.4, 0.5) is 0 Å². The highest BCUT2D eigenvalue weighted by Crippen LogP contribution is 2.31. The number of hydrogen-bond acceptors (Lipinski definition) is 5. The summed E-state index contributed by atoms with van der Waals surface area (Å²) in [5.74, 6) is 1.18. The zero-order chi connectivity index (χ0) is 21.1. The first-order valence-corrected chi connectivity index (χ1v) is 10.00. The van der Waals surface area contributed by atoms with Gasteiger partial charge in [0, 0.05) is 12.1 Å². The fraction of sp³-hybridized carbons (Fsp3) is 0.261. The number of rotatable bonds is 6. The normalized spacial score (nSPS) is 15.8. The van der Waals surface area contributed by atoms with Crippen molar-refractivity contribution in [2.45, 2.75) is 39.3 Å². The number of benzene rings is 2. The van der Waals surface area contributed by atoms with Crippen molar-refractivity contribution in [3.05, 3.63) is 66.2 Å². The highest BCUT2D eigenvalue weighted by molar-refractivity contribution is 6.10. The first-order chi connectivity index (χ1) is 14.5. The predicted octanol–water partition coefficient (Wildman–Crippen LogP) is 4.02. The van der Waals surface area contributed by atoms with E-state index in [1.54, 1.807) is 0 Å². The van der Waals surface area contributed by atoms with E-state index in [1.165, 1.54) is 0 Å². The van der Waals surface area contributed by atoms with Gasteiger partial charge in [-0.1, -0.05) is 61.5 Å². The van der Waals surface area contributed by atoms with Gasteiger partial charge in [-0.05, 0) is 48.2 Å². The van der Waals surface area contributed by atoms with Gasteiger partial charge in [0.15, 0.2) is 0 Å². The molecule has 0 aliphatic carbocycles. The number of amidine groups is 1. The summed E-state index contributed by atoms with van der Waals surface area (Å²) in [6.45, 7) is 6.51. The van der Waals surface area contributed by atoms with Crippen LogP contribution in [0.15, 0.2) is 65.7 Å². The molecule has 4 rings (SSSR count). The minimum atomic E-state index is -0.655. The van der Waals surface area contributed by atoms with Crippen molar-refractivity contribution in [2.75, 3.05) is 0 Å². The summed E-state index contributed by atoms with van der Waals surface area (Å²) >= 11 is 0. The smallest absolute Gasteiger partial charge is 0.272 e. The van der Waals surface area contributed by atoms with Crippen LogP contribution in [-0.4, -0.2) is 42.8 Å². The molecule has 0 radical (unpaired) electrons. The number of hydrogen-bond donors (Lipinski definition) is 1. The molecule has 0 atom stereocenters. The van der Waals surface area contributed by atoms with E-state index in [4.69, 9.17) is 0 Å². The van der Waals surface area contributed by atoms with Gasteiger partial charge in [0.1, 0.15) is 11.4 Å². The number of H-pyrrole nitrogens is 1. The van der Waals surface area contributed by atoms with Crippen molar-refractivity contribution in [3.8, 4) is 22.5 Å². The molecule has 2 aromatic carbocycles. The molecule has 1 aromatic heterocycles. The molecule has 0 fully saturated rings. The van der Waals surface area contributed by atoms with Crippen molar-refractivity contribution in [2.24, 2.45) is 4.99 Å². The standard InChI is InChI=1S/C23H24N6O/c1-4-5-10-20-24-22(30)23(2,3)29(20)15-16-11-13-17(14-12-16)18-8-6-7-9-19(18)21-25-27-28-26-21/h5-14H,4,15H2,1-3H3,(H,25,26,27,28)/b10-5+. The van der Waals surface area contributed by atoms with E-state index in [2.05, 4.69) is 61.7 Å². The molecule has 152 valence electrons. The molecule has 2 heterocycles. The minimum Gasteiger partial charge on any atom is -0.338 e. The van der Waals surface area contributed by atoms with E-state index < -0.39 is 5.54 Å². The third-order valence-corrected chi connectivity index (χ3v) is 5.31. The van der Waals surface area contributed by atoms with E-state index in [1.807, 2.05) is 50.3 Å². The number of aliphatic imine (C=N–C) groups is 1. The van der Waals surface area contributed by atoms with Crippen LogP contribution < -0.4 is 0 Å². The zero-order valence-electron chi connectivity index (χ0n) is 17.3. The molecule has 3 aromatic rings. The van der Waals surface area contributed by atoms with E-state index >= 15 is 0 Å². The molecule has 0 bridgehead atoms. The maximum atomic E-state index is 12.4. The number of aromatic nitrogens is 4. The van der Waals surface area contributed by atoms with Crippen LogP contribution in [0.3, 0.4) is 0 Å². The fourth-order valence-corrected chi connectivity index (χ4v) is 3.51. The molecule has 0 unspecified atom stereocenters. The molecule has 1 N–H and O–H groups in total. The highest BCUT2D eigenvalue weighted by atomic mass is 16.2. The van der Waals surface area contributed by atoms with Crippen molar-refractivity contribution in [3.63, 3.8) is 0 Å². The number of amides is 1. The Labute approximate surface area is 175 Å². The Morgan fingerprint density at radius 2 is 1.80 bits per heavy atom. The molecule has 0 spiro atoms. The minimum absolute atomic E-state index is 0.107. The van der Waals surface area contributed by atoms with Crippen LogP contribution in [0, 0.1) is 0 Å². The number of carbonyl (C=O) groups is 1. The summed E-state index contributed by atoms with van der Waals surface area (Å²) in [4.78, 5) is 18.7. The summed E-state index contributed by atoms with van der Waals surface area (Å²) < 4.78 is 0. The van der Waals surface area contributed by atoms with E-state index in [-0.39, 0.29) is 5.91 Å². The summed E-state index contributed by atoms with van der Waals surface area (Å²) in [7, 11) is 0. The lowest BCUT2D eigenvalue weighted by atomic mass is 9.97. The number of aromatic amines is 1. The lowest BCUT2D eigenvalue weighted by molar-refractivity contribution is -0.124. The SMILES string of the molecule is CC/C=C/C1=NC(=O)C(C)(C)N1Cc1ccc(-c2ccccc2-c2nn[nH]n2)cc1. The third-order valence-electron chi connectivity index (χ3n) is 5.31. The number of tetrazole rings is 1. The Morgan fingerprint density at radius 3 is 2.47 bits per heavy atom. The summed E-state index contributed by atoms with van der Waals surface area (Å²) in [6, 6.07) is 16.3. The largest absolute Gasteiger partial charge is 0.338 e. The monoisotopic (exact) mass is 400 g/mol. The van der Waals surface area contributed by atoms with Gasteiger partial charge in [-0.15, -0.1) is 10.2 Å². The van der Waals surface area contributed by atoms with Crippen molar-refractivity contribution >= 4 is 11.7 Å². The Morgan fingerprint density at radius 1 is 1.07 bits per heavy atom. The second-order valence-corrected chi connectivity index (χ2v) is 7.71. The van der Waals surface area contributed by atoms with Crippen LogP contribution in [0.25, 0.3) is 22.5 Å². The van der Waals surface area contributed by atoms with Crippen LogP contribution in [0.5, 0.6) is 0 Å². The van der Waals surface area contributed by atoms with Gasteiger partial charge in [0.25, 0.3) is 5.91 Å².